The summed E-state index contributed by atoms with van der Waals surface area (Å²) in [5.41, 5.74) is 11.1. The number of anilines is 1. The van der Waals surface area contributed by atoms with Crippen LogP contribution in [0.25, 0.3) is 21.8 Å². The zero-order valence-electron chi connectivity index (χ0n) is 14.9. The second-order valence-electron chi connectivity index (χ2n) is 6.45. The van der Waals surface area contributed by atoms with Gasteiger partial charge in [-0.3, -0.25) is 9.97 Å². The van der Waals surface area contributed by atoms with Crippen LogP contribution in [0.4, 0.5) is 5.82 Å². The normalized spacial score (nSPS) is 11.2. The topological polar surface area (TPSA) is 73.9 Å². The molecule has 4 aromatic rings. The molecule has 26 heavy (non-hydrogen) atoms. The van der Waals surface area contributed by atoms with E-state index in [1.807, 2.05) is 18.3 Å². The van der Waals surface area contributed by atoms with E-state index in [9.17, 15) is 0 Å². The SMILES string of the molecule is COc1ccc(CCc2cnc3c(N)nc4cc(C)ccc4c3c2)nc1. The van der Waals surface area contributed by atoms with Gasteiger partial charge in [0.05, 0.1) is 18.8 Å². The maximum Gasteiger partial charge on any atom is 0.150 e. The highest BCUT2D eigenvalue weighted by Crippen LogP contribution is 2.28. The van der Waals surface area contributed by atoms with E-state index in [0.29, 0.717) is 5.82 Å². The Bertz CT molecular complexity index is 1090. The average Bonchev–Trinajstić information content (AvgIpc) is 2.66. The molecular weight excluding hydrogens is 324 g/mol. The molecule has 0 aliphatic heterocycles. The predicted octanol–water partition coefficient (Wildman–Crippen LogP) is 3.86. The van der Waals surface area contributed by atoms with Crippen LogP contribution in [0.15, 0.2) is 48.8 Å². The number of nitrogen functional groups attached to an aromatic ring is 1. The quantitative estimate of drug-likeness (QED) is 0.569. The van der Waals surface area contributed by atoms with Crippen LogP contribution in [-0.2, 0) is 12.8 Å². The van der Waals surface area contributed by atoms with Crippen molar-refractivity contribution in [3.63, 3.8) is 0 Å². The first-order chi connectivity index (χ1) is 12.6. The summed E-state index contributed by atoms with van der Waals surface area (Å²) in [5.74, 6) is 1.24. The van der Waals surface area contributed by atoms with E-state index >= 15 is 0 Å². The van der Waals surface area contributed by atoms with Gasteiger partial charge >= 0.3 is 0 Å². The molecule has 5 heteroatoms. The van der Waals surface area contributed by atoms with Gasteiger partial charge in [0.25, 0.3) is 0 Å². The van der Waals surface area contributed by atoms with Crippen LogP contribution >= 0.6 is 0 Å². The van der Waals surface area contributed by atoms with E-state index < -0.39 is 0 Å². The van der Waals surface area contributed by atoms with Crippen molar-refractivity contribution in [2.24, 2.45) is 0 Å². The lowest BCUT2D eigenvalue weighted by atomic mass is 10.0. The monoisotopic (exact) mass is 344 g/mol. The Labute approximate surface area is 151 Å². The summed E-state index contributed by atoms with van der Waals surface area (Å²) in [4.78, 5) is 13.5. The summed E-state index contributed by atoms with van der Waals surface area (Å²) in [6.45, 7) is 2.05. The Balaban J connectivity index is 1.68. The summed E-state index contributed by atoms with van der Waals surface area (Å²) in [6, 6.07) is 12.3. The first kappa shape index (κ1) is 16.3. The van der Waals surface area contributed by atoms with Gasteiger partial charge in [0.1, 0.15) is 11.3 Å². The van der Waals surface area contributed by atoms with Gasteiger partial charge < -0.3 is 10.5 Å². The van der Waals surface area contributed by atoms with Crippen molar-refractivity contribution in [2.45, 2.75) is 19.8 Å². The molecule has 0 fully saturated rings. The van der Waals surface area contributed by atoms with Crippen molar-refractivity contribution >= 4 is 27.6 Å². The molecule has 2 N–H and O–H groups in total. The van der Waals surface area contributed by atoms with E-state index in [1.54, 1.807) is 13.3 Å². The predicted molar refractivity (Wildman–Crippen MR) is 104 cm³/mol. The third-order valence-corrected chi connectivity index (χ3v) is 4.57. The van der Waals surface area contributed by atoms with E-state index in [4.69, 9.17) is 10.5 Å². The van der Waals surface area contributed by atoms with Crippen molar-refractivity contribution in [1.82, 2.24) is 15.0 Å². The summed E-state index contributed by atoms with van der Waals surface area (Å²) < 4.78 is 5.15. The molecule has 0 amide bonds. The first-order valence-electron chi connectivity index (χ1n) is 8.57. The Hall–Kier alpha value is -3.21. The summed E-state index contributed by atoms with van der Waals surface area (Å²) >= 11 is 0. The fourth-order valence-electron chi connectivity index (χ4n) is 3.15. The molecule has 0 unspecified atom stereocenters. The van der Waals surface area contributed by atoms with Crippen LogP contribution in [0.3, 0.4) is 0 Å². The highest BCUT2D eigenvalue weighted by Gasteiger charge is 2.09. The maximum absolute atomic E-state index is 6.12. The third-order valence-electron chi connectivity index (χ3n) is 4.57. The van der Waals surface area contributed by atoms with Crippen LogP contribution in [0.5, 0.6) is 5.75 Å². The van der Waals surface area contributed by atoms with E-state index in [-0.39, 0.29) is 0 Å². The molecule has 0 radical (unpaired) electrons. The molecule has 3 heterocycles. The molecule has 0 saturated heterocycles. The number of nitrogens with two attached hydrogens (primary N) is 1. The number of benzene rings is 1. The van der Waals surface area contributed by atoms with Gasteiger partial charge in [-0.2, -0.15) is 0 Å². The number of methoxy groups -OCH3 is 1. The lowest BCUT2D eigenvalue weighted by Gasteiger charge is -2.09. The van der Waals surface area contributed by atoms with Gasteiger partial charge in [-0.1, -0.05) is 12.1 Å². The second-order valence-corrected chi connectivity index (χ2v) is 6.45. The standard InChI is InChI=1S/C21H20N4O/c1-13-3-8-17-18-10-14(4-5-15-6-7-16(26-2)12-23-15)11-24-20(18)21(22)25-19(17)9-13/h3,6-12H,4-5H2,1-2H3,(H2,22,25). The number of aryl methyl sites for hydroxylation is 3. The molecule has 0 aliphatic carbocycles. The lowest BCUT2D eigenvalue weighted by molar-refractivity contribution is 0.412. The Kier molecular flexibility index (Phi) is 4.13. The fraction of sp³-hybridized carbons (Fsp3) is 0.190. The third kappa shape index (κ3) is 3.04. The van der Waals surface area contributed by atoms with E-state index in [0.717, 1.165) is 51.7 Å². The van der Waals surface area contributed by atoms with Crippen molar-refractivity contribution in [1.29, 1.82) is 0 Å². The molecule has 0 bridgehead atoms. The van der Waals surface area contributed by atoms with Gasteiger partial charge in [0.15, 0.2) is 5.82 Å². The maximum atomic E-state index is 6.12. The van der Waals surface area contributed by atoms with E-state index in [2.05, 4.69) is 46.1 Å². The number of fused-ring (bicyclic) bond motifs is 3. The van der Waals surface area contributed by atoms with Gasteiger partial charge in [-0.25, -0.2) is 4.98 Å². The molecule has 130 valence electrons. The largest absolute Gasteiger partial charge is 0.495 e. The zero-order valence-corrected chi connectivity index (χ0v) is 14.9. The van der Waals surface area contributed by atoms with Gasteiger partial charge in [0, 0.05) is 22.7 Å². The molecule has 1 aromatic carbocycles. The Morgan fingerprint density at radius 2 is 1.85 bits per heavy atom. The number of nitrogens with zero attached hydrogens (tertiary/aromatic N) is 3. The minimum atomic E-state index is 0.474. The molecule has 0 aliphatic rings. The number of hydrogen-bond donors (Lipinski definition) is 1. The molecule has 0 atom stereocenters. The molecular formula is C21H20N4O. The van der Waals surface area contributed by atoms with Crippen LogP contribution in [0, 0.1) is 6.92 Å². The van der Waals surface area contributed by atoms with E-state index in [1.165, 1.54) is 5.56 Å². The molecule has 3 aromatic heterocycles. The number of hydrogen-bond acceptors (Lipinski definition) is 5. The second kappa shape index (κ2) is 6.59. The Morgan fingerprint density at radius 3 is 2.62 bits per heavy atom. The van der Waals surface area contributed by atoms with Crippen LogP contribution < -0.4 is 10.5 Å². The van der Waals surface area contributed by atoms with Gasteiger partial charge in [0.2, 0.25) is 0 Å². The number of rotatable bonds is 4. The minimum absolute atomic E-state index is 0.474. The molecule has 5 nitrogen and oxygen atoms in total. The minimum Gasteiger partial charge on any atom is -0.495 e. The summed E-state index contributed by atoms with van der Waals surface area (Å²) in [5, 5.41) is 2.13. The highest BCUT2D eigenvalue weighted by atomic mass is 16.5. The fourth-order valence-corrected chi connectivity index (χ4v) is 3.15. The van der Waals surface area contributed by atoms with Crippen molar-refractivity contribution in [3.8, 4) is 5.75 Å². The Morgan fingerprint density at radius 1 is 0.962 bits per heavy atom. The van der Waals surface area contributed by atoms with Gasteiger partial charge in [-0.05, 0) is 55.2 Å². The number of aromatic nitrogens is 3. The molecule has 0 spiro atoms. The highest BCUT2D eigenvalue weighted by molar-refractivity contribution is 6.08. The van der Waals surface area contributed by atoms with Crippen molar-refractivity contribution < 1.29 is 4.74 Å². The summed E-state index contributed by atoms with van der Waals surface area (Å²) in [7, 11) is 1.64. The van der Waals surface area contributed by atoms with Crippen LogP contribution in [-0.4, -0.2) is 22.1 Å². The number of ether oxygens (including phenoxy) is 1. The zero-order chi connectivity index (χ0) is 18.1. The molecule has 4 rings (SSSR count). The van der Waals surface area contributed by atoms with Crippen molar-refractivity contribution in [2.75, 3.05) is 12.8 Å². The lowest BCUT2D eigenvalue weighted by Crippen LogP contribution is -1.99. The van der Waals surface area contributed by atoms with Crippen molar-refractivity contribution in [3.05, 3.63) is 65.6 Å². The van der Waals surface area contributed by atoms with Crippen LogP contribution in [0.2, 0.25) is 0 Å². The average molecular weight is 344 g/mol. The number of pyridine rings is 3. The molecule has 0 saturated carbocycles. The summed E-state index contributed by atoms with van der Waals surface area (Å²) in [6.07, 6.45) is 5.33. The first-order valence-corrected chi connectivity index (χ1v) is 8.57. The van der Waals surface area contributed by atoms with Gasteiger partial charge in [-0.15, -0.1) is 0 Å². The van der Waals surface area contributed by atoms with Crippen LogP contribution in [0.1, 0.15) is 16.8 Å². The smallest absolute Gasteiger partial charge is 0.150 e.